The molecule has 0 fully saturated rings. The molecule has 2 heterocycles. The monoisotopic (exact) mass is 412 g/mol. The van der Waals surface area contributed by atoms with Crippen molar-refractivity contribution < 1.29 is 4.79 Å². The van der Waals surface area contributed by atoms with Crippen molar-refractivity contribution in [3.63, 3.8) is 0 Å². The molecule has 8 heteroatoms. The van der Waals surface area contributed by atoms with Crippen LogP contribution in [0.4, 0.5) is 5.69 Å². The molecule has 0 aliphatic carbocycles. The zero-order valence-corrected chi connectivity index (χ0v) is 17.7. The van der Waals surface area contributed by atoms with Crippen LogP contribution in [0, 0.1) is 25.2 Å². The maximum absolute atomic E-state index is 12.9. The van der Waals surface area contributed by atoms with E-state index in [1.807, 2.05) is 20.8 Å². The van der Waals surface area contributed by atoms with Crippen LogP contribution >= 0.6 is 23.1 Å². The molecular weight excluding hydrogens is 392 g/mol. The molecule has 28 heavy (non-hydrogen) atoms. The van der Waals surface area contributed by atoms with Crippen LogP contribution < -0.4 is 10.9 Å². The molecular formula is C20H20N4O2S2. The maximum Gasteiger partial charge on any atom is 0.263 e. The summed E-state index contributed by atoms with van der Waals surface area (Å²) >= 11 is 2.76. The van der Waals surface area contributed by atoms with E-state index in [-0.39, 0.29) is 11.5 Å². The van der Waals surface area contributed by atoms with E-state index >= 15 is 0 Å². The van der Waals surface area contributed by atoms with Crippen LogP contribution in [0.5, 0.6) is 0 Å². The van der Waals surface area contributed by atoms with Gasteiger partial charge in [-0.3, -0.25) is 14.2 Å². The zero-order valence-electron chi connectivity index (χ0n) is 16.1. The van der Waals surface area contributed by atoms with Crippen molar-refractivity contribution in [3.8, 4) is 6.07 Å². The van der Waals surface area contributed by atoms with Crippen molar-refractivity contribution in [2.24, 2.45) is 0 Å². The van der Waals surface area contributed by atoms with E-state index in [4.69, 9.17) is 5.26 Å². The van der Waals surface area contributed by atoms with E-state index in [9.17, 15) is 9.59 Å². The number of carbonyl (C=O) groups is 1. The van der Waals surface area contributed by atoms with E-state index < -0.39 is 5.25 Å². The first-order valence-electron chi connectivity index (χ1n) is 8.84. The minimum Gasteiger partial charge on any atom is -0.325 e. The Balaban J connectivity index is 1.88. The van der Waals surface area contributed by atoms with Gasteiger partial charge in [-0.1, -0.05) is 17.8 Å². The van der Waals surface area contributed by atoms with Crippen LogP contribution in [0.2, 0.25) is 0 Å². The number of hydrogen-bond acceptors (Lipinski definition) is 6. The van der Waals surface area contributed by atoms with Crippen LogP contribution in [0.15, 0.2) is 34.2 Å². The van der Waals surface area contributed by atoms with Crippen LogP contribution in [0.1, 0.15) is 29.9 Å². The third-order valence-corrected chi connectivity index (χ3v) is 6.67. The number of nitrogens with one attached hydrogen (secondary N) is 1. The SMILES string of the molecule is CCn1c(S[C@H](C)C(=O)Nc2cccc(C#N)c2)nc2sc(C)c(C)c2c1=O. The van der Waals surface area contributed by atoms with E-state index in [0.717, 1.165) is 10.4 Å². The smallest absolute Gasteiger partial charge is 0.263 e. The number of carbonyl (C=O) groups excluding carboxylic acids is 1. The summed E-state index contributed by atoms with van der Waals surface area (Å²) in [6.07, 6.45) is 0. The number of benzene rings is 1. The van der Waals surface area contributed by atoms with Gasteiger partial charge in [-0.2, -0.15) is 5.26 Å². The van der Waals surface area contributed by atoms with Crippen LogP contribution in [-0.2, 0) is 11.3 Å². The highest BCUT2D eigenvalue weighted by Crippen LogP contribution is 2.30. The van der Waals surface area contributed by atoms with Crippen molar-refractivity contribution in [2.45, 2.75) is 44.6 Å². The fourth-order valence-electron chi connectivity index (χ4n) is 2.80. The first-order chi connectivity index (χ1) is 13.3. The first-order valence-corrected chi connectivity index (χ1v) is 10.5. The number of thioether (sulfide) groups is 1. The molecule has 1 aromatic carbocycles. The molecule has 1 atom stereocenters. The molecule has 1 amide bonds. The largest absolute Gasteiger partial charge is 0.325 e. The van der Waals surface area contributed by atoms with Gasteiger partial charge in [0.25, 0.3) is 5.56 Å². The lowest BCUT2D eigenvalue weighted by Crippen LogP contribution is -2.26. The summed E-state index contributed by atoms with van der Waals surface area (Å²) in [4.78, 5) is 32.0. The molecule has 3 rings (SSSR count). The molecule has 2 aromatic heterocycles. The van der Waals surface area contributed by atoms with Crippen molar-refractivity contribution >= 4 is 44.9 Å². The summed E-state index contributed by atoms with van der Waals surface area (Å²) in [5, 5.41) is 12.5. The average molecular weight is 413 g/mol. The Kier molecular flexibility index (Phi) is 5.87. The third-order valence-electron chi connectivity index (χ3n) is 4.48. The van der Waals surface area contributed by atoms with E-state index in [1.54, 1.807) is 35.8 Å². The van der Waals surface area contributed by atoms with Crippen LogP contribution in [0.3, 0.4) is 0 Å². The molecule has 0 saturated heterocycles. The lowest BCUT2D eigenvalue weighted by molar-refractivity contribution is -0.115. The molecule has 0 unspecified atom stereocenters. The normalized spacial score (nSPS) is 12.0. The van der Waals surface area contributed by atoms with Gasteiger partial charge in [0.2, 0.25) is 5.91 Å². The maximum atomic E-state index is 12.9. The lowest BCUT2D eigenvalue weighted by atomic mass is 10.2. The number of amides is 1. The summed E-state index contributed by atoms with van der Waals surface area (Å²) in [5.41, 5.74) is 1.95. The Morgan fingerprint density at radius 3 is 2.86 bits per heavy atom. The second kappa shape index (κ2) is 8.17. The number of nitrogens with zero attached hydrogens (tertiary/aromatic N) is 3. The minimum atomic E-state index is -0.463. The van der Waals surface area contributed by atoms with Crippen LogP contribution in [0.25, 0.3) is 10.2 Å². The average Bonchev–Trinajstić information content (AvgIpc) is 2.96. The predicted molar refractivity (Wildman–Crippen MR) is 114 cm³/mol. The number of anilines is 1. The fourth-order valence-corrected chi connectivity index (χ4v) is 4.84. The van der Waals surface area contributed by atoms with Gasteiger partial charge < -0.3 is 5.32 Å². The Morgan fingerprint density at radius 1 is 1.43 bits per heavy atom. The second-order valence-corrected chi connectivity index (χ2v) is 8.86. The molecule has 144 valence electrons. The summed E-state index contributed by atoms with van der Waals surface area (Å²) in [6, 6.07) is 8.81. The molecule has 0 aliphatic rings. The number of rotatable bonds is 5. The highest BCUT2D eigenvalue weighted by Gasteiger charge is 2.21. The molecule has 0 saturated carbocycles. The summed E-state index contributed by atoms with van der Waals surface area (Å²) in [7, 11) is 0. The van der Waals surface area contributed by atoms with Gasteiger partial charge in [-0.25, -0.2) is 4.98 Å². The Bertz CT molecular complexity index is 1160. The quantitative estimate of drug-likeness (QED) is 0.504. The third kappa shape index (κ3) is 3.81. The Labute approximate surface area is 171 Å². The molecule has 6 nitrogen and oxygen atoms in total. The lowest BCUT2D eigenvalue weighted by Gasteiger charge is -2.15. The van der Waals surface area contributed by atoms with Gasteiger partial charge in [0.15, 0.2) is 5.16 Å². The van der Waals surface area contributed by atoms with Gasteiger partial charge in [-0.05, 0) is 51.5 Å². The Hall–Kier alpha value is -2.63. The standard InChI is InChI=1S/C20H20N4O2S2/c1-5-24-19(26)16-11(2)12(3)27-18(16)23-20(24)28-13(4)17(25)22-15-8-6-7-14(9-15)10-21/h6-9,13H,5H2,1-4H3,(H,22,25)/t13-/m1/s1. The number of aromatic nitrogens is 2. The highest BCUT2D eigenvalue weighted by molar-refractivity contribution is 8.00. The van der Waals surface area contributed by atoms with E-state index in [1.165, 1.54) is 23.1 Å². The number of nitriles is 1. The van der Waals surface area contributed by atoms with Gasteiger partial charge >= 0.3 is 0 Å². The molecule has 3 aromatic rings. The summed E-state index contributed by atoms with van der Waals surface area (Å²) in [5.74, 6) is -0.212. The summed E-state index contributed by atoms with van der Waals surface area (Å²) < 4.78 is 1.62. The highest BCUT2D eigenvalue weighted by atomic mass is 32.2. The number of hydrogen-bond donors (Lipinski definition) is 1. The molecule has 0 bridgehead atoms. The number of thiophene rings is 1. The number of aryl methyl sites for hydroxylation is 2. The molecule has 0 spiro atoms. The fraction of sp³-hybridized carbons (Fsp3) is 0.300. The summed E-state index contributed by atoms with van der Waals surface area (Å²) in [6.45, 7) is 8.07. The minimum absolute atomic E-state index is 0.0637. The van der Waals surface area contributed by atoms with Gasteiger partial charge in [0.05, 0.1) is 22.3 Å². The first kappa shape index (κ1) is 20.1. The van der Waals surface area contributed by atoms with Gasteiger partial charge in [0.1, 0.15) is 4.83 Å². The van der Waals surface area contributed by atoms with Gasteiger partial charge in [0, 0.05) is 17.1 Å². The van der Waals surface area contributed by atoms with Crippen molar-refractivity contribution in [1.82, 2.24) is 9.55 Å². The van der Waals surface area contributed by atoms with E-state index in [2.05, 4.69) is 16.4 Å². The molecule has 1 N–H and O–H groups in total. The number of fused-ring (bicyclic) bond motifs is 1. The molecule has 0 aliphatic heterocycles. The van der Waals surface area contributed by atoms with Crippen molar-refractivity contribution in [3.05, 3.63) is 50.6 Å². The predicted octanol–water partition coefficient (Wildman–Crippen LogP) is 4.09. The van der Waals surface area contributed by atoms with Crippen LogP contribution in [-0.4, -0.2) is 20.7 Å². The van der Waals surface area contributed by atoms with Gasteiger partial charge in [-0.15, -0.1) is 11.3 Å². The topological polar surface area (TPSA) is 87.8 Å². The van der Waals surface area contributed by atoms with E-state index in [0.29, 0.717) is 33.2 Å². The Morgan fingerprint density at radius 2 is 2.18 bits per heavy atom. The van der Waals surface area contributed by atoms with Crippen molar-refractivity contribution in [1.29, 1.82) is 5.26 Å². The van der Waals surface area contributed by atoms with Crippen molar-refractivity contribution in [2.75, 3.05) is 5.32 Å². The zero-order chi connectivity index (χ0) is 20.4. The second-order valence-electron chi connectivity index (χ2n) is 6.35. The molecule has 0 radical (unpaired) electrons.